The Kier molecular flexibility index (Phi) is 4.01. The zero-order chi connectivity index (χ0) is 13.1. The molecule has 0 aliphatic rings. The molecule has 0 radical (unpaired) electrons. The quantitative estimate of drug-likeness (QED) is 0.925. The molecule has 0 amide bonds. The average molecular weight is 267 g/mol. The highest BCUT2D eigenvalue weighted by molar-refractivity contribution is 6.30. The van der Waals surface area contributed by atoms with E-state index in [1.165, 1.54) is 0 Å². The lowest BCUT2D eigenvalue weighted by Gasteiger charge is -2.06. The molecule has 1 aromatic carbocycles. The number of aryl methyl sites for hydroxylation is 1. The molecule has 0 saturated heterocycles. The summed E-state index contributed by atoms with van der Waals surface area (Å²) in [7, 11) is 1.59. The Hall–Kier alpha value is -1.36. The van der Waals surface area contributed by atoms with Crippen LogP contribution in [-0.2, 0) is 18.0 Å². The fourth-order valence-corrected chi connectivity index (χ4v) is 2.14. The van der Waals surface area contributed by atoms with Crippen LogP contribution < -0.4 is 0 Å². The number of nitrogens with zero attached hydrogens (tertiary/aromatic N) is 2. The minimum absolute atomic E-state index is 0.149. The molecule has 2 rings (SSSR count). The highest BCUT2D eigenvalue weighted by Gasteiger charge is 2.17. The molecule has 1 heterocycles. The van der Waals surface area contributed by atoms with Gasteiger partial charge in [-0.1, -0.05) is 29.8 Å². The van der Waals surface area contributed by atoms with Crippen LogP contribution >= 0.6 is 11.6 Å². The minimum atomic E-state index is -0.149. The van der Waals surface area contributed by atoms with Crippen LogP contribution in [0.2, 0.25) is 5.15 Å². The molecule has 2 aromatic rings. The third-order valence-electron chi connectivity index (χ3n) is 2.79. The van der Waals surface area contributed by atoms with Crippen LogP contribution in [-0.4, -0.2) is 22.0 Å². The van der Waals surface area contributed by atoms with Crippen LogP contribution in [0.1, 0.15) is 16.8 Å². The molecule has 0 spiro atoms. The van der Waals surface area contributed by atoms with Gasteiger partial charge in [0.1, 0.15) is 5.15 Å². The number of benzene rings is 1. The van der Waals surface area contributed by atoms with E-state index in [-0.39, 0.29) is 6.61 Å². The number of ether oxygens (including phenoxy) is 1. The van der Waals surface area contributed by atoms with Crippen molar-refractivity contribution in [2.75, 3.05) is 7.11 Å². The van der Waals surface area contributed by atoms with E-state index in [1.807, 2.05) is 31.2 Å². The van der Waals surface area contributed by atoms with Gasteiger partial charge in [0.25, 0.3) is 0 Å². The van der Waals surface area contributed by atoms with Crippen molar-refractivity contribution in [2.45, 2.75) is 20.1 Å². The first-order valence-electron chi connectivity index (χ1n) is 5.61. The van der Waals surface area contributed by atoms with Gasteiger partial charge in [-0.2, -0.15) is 5.10 Å². The van der Waals surface area contributed by atoms with Crippen LogP contribution in [0, 0.1) is 6.92 Å². The van der Waals surface area contributed by atoms with Gasteiger partial charge in [0.05, 0.1) is 24.6 Å². The summed E-state index contributed by atoms with van der Waals surface area (Å²) in [6.07, 6.45) is 0. The van der Waals surface area contributed by atoms with Crippen LogP contribution in [0.3, 0.4) is 0 Å². The summed E-state index contributed by atoms with van der Waals surface area (Å²) in [4.78, 5) is 0. The number of aromatic nitrogens is 2. The third kappa shape index (κ3) is 2.27. The van der Waals surface area contributed by atoms with Gasteiger partial charge in [-0.25, -0.2) is 4.68 Å². The summed E-state index contributed by atoms with van der Waals surface area (Å²) in [5.74, 6) is 0. The number of aliphatic hydroxyl groups excluding tert-OH is 1. The Bertz CT molecular complexity index is 552. The summed E-state index contributed by atoms with van der Waals surface area (Å²) in [5.41, 5.74) is 3.24. The van der Waals surface area contributed by atoms with Crippen molar-refractivity contribution in [3.05, 3.63) is 46.2 Å². The van der Waals surface area contributed by atoms with Gasteiger partial charge in [0, 0.05) is 12.7 Å². The van der Waals surface area contributed by atoms with Crippen molar-refractivity contribution in [3.8, 4) is 5.69 Å². The molecule has 1 N–H and O–H groups in total. The highest BCUT2D eigenvalue weighted by atomic mass is 35.5. The number of halogens is 1. The number of hydrogen-bond donors (Lipinski definition) is 1. The first kappa shape index (κ1) is 13.1. The normalized spacial score (nSPS) is 10.9. The predicted molar refractivity (Wildman–Crippen MR) is 69.9 cm³/mol. The van der Waals surface area contributed by atoms with Gasteiger partial charge in [-0.3, -0.25) is 0 Å². The maximum atomic E-state index is 9.36. The second-order valence-electron chi connectivity index (χ2n) is 4.01. The van der Waals surface area contributed by atoms with E-state index in [0.29, 0.717) is 23.0 Å². The Morgan fingerprint density at radius 2 is 2.11 bits per heavy atom. The molecule has 0 atom stereocenters. The second-order valence-corrected chi connectivity index (χ2v) is 4.36. The molecule has 0 fully saturated rings. The molecule has 18 heavy (non-hydrogen) atoms. The summed E-state index contributed by atoms with van der Waals surface area (Å²) < 4.78 is 6.69. The summed E-state index contributed by atoms with van der Waals surface area (Å²) in [6, 6.07) is 7.81. The summed E-state index contributed by atoms with van der Waals surface area (Å²) in [6.45, 7) is 2.17. The minimum Gasteiger partial charge on any atom is -0.391 e. The Labute approximate surface area is 111 Å². The Morgan fingerprint density at radius 3 is 2.72 bits per heavy atom. The molecule has 4 nitrogen and oxygen atoms in total. The molecule has 0 bridgehead atoms. The first-order chi connectivity index (χ1) is 8.69. The number of rotatable bonds is 4. The fourth-order valence-electron chi connectivity index (χ4n) is 1.84. The molecule has 1 aromatic heterocycles. The molecule has 0 unspecified atom stereocenters. The first-order valence-corrected chi connectivity index (χ1v) is 5.99. The van der Waals surface area contributed by atoms with Gasteiger partial charge in [-0.05, 0) is 18.6 Å². The van der Waals surface area contributed by atoms with Gasteiger partial charge in [0.15, 0.2) is 0 Å². The molecular formula is C13H15ClN2O2. The van der Waals surface area contributed by atoms with Crippen molar-refractivity contribution in [1.82, 2.24) is 9.78 Å². The van der Waals surface area contributed by atoms with E-state index >= 15 is 0 Å². The van der Waals surface area contributed by atoms with Crippen molar-refractivity contribution < 1.29 is 9.84 Å². The van der Waals surface area contributed by atoms with Crippen LogP contribution in [0.4, 0.5) is 0 Å². The average Bonchev–Trinajstić information content (AvgIpc) is 2.67. The monoisotopic (exact) mass is 266 g/mol. The van der Waals surface area contributed by atoms with Crippen molar-refractivity contribution in [2.24, 2.45) is 0 Å². The van der Waals surface area contributed by atoms with E-state index in [9.17, 15) is 5.11 Å². The lowest BCUT2D eigenvalue weighted by molar-refractivity contribution is 0.178. The van der Waals surface area contributed by atoms with E-state index in [0.717, 1.165) is 11.3 Å². The van der Waals surface area contributed by atoms with Crippen molar-refractivity contribution in [1.29, 1.82) is 0 Å². The maximum absolute atomic E-state index is 9.36. The topological polar surface area (TPSA) is 47.3 Å². The Balaban J connectivity index is 2.55. The molecule has 5 heteroatoms. The van der Waals surface area contributed by atoms with Crippen LogP contribution in [0.25, 0.3) is 5.69 Å². The number of methoxy groups -OCH3 is 1. The fraction of sp³-hybridized carbons (Fsp3) is 0.308. The highest BCUT2D eigenvalue weighted by Crippen LogP contribution is 2.25. The van der Waals surface area contributed by atoms with E-state index < -0.39 is 0 Å². The zero-order valence-corrected chi connectivity index (χ0v) is 11.1. The SMILES string of the molecule is COCc1nn(-c2ccccc2C)c(Cl)c1CO. The molecule has 96 valence electrons. The van der Waals surface area contributed by atoms with E-state index in [1.54, 1.807) is 11.8 Å². The summed E-state index contributed by atoms with van der Waals surface area (Å²) >= 11 is 6.26. The number of para-hydroxylation sites is 1. The lowest BCUT2D eigenvalue weighted by atomic mass is 10.2. The summed E-state index contributed by atoms with van der Waals surface area (Å²) in [5, 5.41) is 14.2. The molecule has 0 aliphatic heterocycles. The van der Waals surface area contributed by atoms with Gasteiger partial charge in [0.2, 0.25) is 0 Å². The molecule has 0 saturated carbocycles. The number of aliphatic hydroxyl groups is 1. The molecule has 0 aliphatic carbocycles. The van der Waals surface area contributed by atoms with Gasteiger partial charge in [-0.15, -0.1) is 0 Å². The van der Waals surface area contributed by atoms with E-state index in [4.69, 9.17) is 16.3 Å². The maximum Gasteiger partial charge on any atom is 0.138 e. The lowest BCUT2D eigenvalue weighted by Crippen LogP contribution is -2.00. The Morgan fingerprint density at radius 1 is 1.39 bits per heavy atom. The smallest absolute Gasteiger partial charge is 0.138 e. The predicted octanol–water partition coefficient (Wildman–Crippen LogP) is 2.47. The van der Waals surface area contributed by atoms with Crippen molar-refractivity contribution >= 4 is 11.6 Å². The third-order valence-corrected chi connectivity index (χ3v) is 3.18. The second kappa shape index (κ2) is 5.52. The van der Waals surface area contributed by atoms with Gasteiger partial charge < -0.3 is 9.84 Å². The zero-order valence-electron chi connectivity index (χ0n) is 10.4. The van der Waals surface area contributed by atoms with E-state index in [2.05, 4.69) is 5.10 Å². The van der Waals surface area contributed by atoms with Gasteiger partial charge >= 0.3 is 0 Å². The number of hydrogen-bond acceptors (Lipinski definition) is 3. The molecular weight excluding hydrogens is 252 g/mol. The largest absolute Gasteiger partial charge is 0.391 e. The van der Waals surface area contributed by atoms with Crippen LogP contribution in [0.15, 0.2) is 24.3 Å². The standard InChI is InChI=1S/C13H15ClN2O2/c1-9-5-3-4-6-12(9)16-13(14)10(7-17)11(15-16)8-18-2/h3-6,17H,7-8H2,1-2H3. The van der Waals surface area contributed by atoms with Crippen LogP contribution in [0.5, 0.6) is 0 Å². The van der Waals surface area contributed by atoms with Crippen molar-refractivity contribution in [3.63, 3.8) is 0 Å².